The van der Waals surface area contributed by atoms with Gasteiger partial charge in [-0.15, -0.1) is 0 Å². The standard InChI is InChI=1S/C26H34N2O5S/c29-25(14-7-15-26(30)33-20-8-11-21-9-3-1-4-10-21)27-22-16-18-24(19-17-22)34(31,32)28-23-12-5-2-6-13-23/h1,3-4,9-10,16-19,23,28H,2,5-8,11-15,20H2,(H,27,29). The highest BCUT2D eigenvalue weighted by molar-refractivity contribution is 7.89. The molecule has 7 nitrogen and oxygen atoms in total. The predicted molar refractivity (Wildman–Crippen MR) is 132 cm³/mol. The second-order valence-corrected chi connectivity index (χ2v) is 10.4. The van der Waals surface area contributed by atoms with Crippen LogP contribution >= 0.6 is 0 Å². The van der Waals surface area contributed by atoms with Crippen molar-refractivity contribution < 1.29 is 22.7 Å². The molecule has 0 aliphatic heterocycles. The lowest BCUT2D eigenvalue weighted by molar-refractivity contribution is -0.143. The maximum absolute atomic E-state index is 12.6. The van der Waals surface area contributed by atoms with E-state index in [2.05, 4.69) is 10.0 Å². The van der Waals surface area contributed by atoms with Gasteiger partial charge in [0.2, 0.25) is 15.9 Å². The molecular weight excluding hydrogens is 452 g/mol. The van der Waals surface area contributed by atoms with Crippen molar-refractivity contribution in [1.82, 2.24) is 4.72 Å². The zero-order valence-corrected chi connectivity index (χ0v) is 20.3. The number of hydrogen-bond donors (Lipinski definition) is 2. The van der Waals surface area contributed by atoms with Crippen LogP contribution < -0.4 is 10.0 Å². The summed E-state index contributed by atoms with van der Waals surface area (Å²) >= 11 is 0. The van der Waals surface area contributed by atoms with Gasteiger partial charge in [0.25, 0.3) is 0 Å². The number of rotatable bonds is 12. The van der Waals surface area contributed by atoms with Gasteiger partial charge in [-0.2, -0.15) is 0 Å². The van der Waals surface area contributed by atoms with Crippen molar-refractivity contribution in [3.8, 4) is 0 Å². The zero-order chi connectivity index (χ0) is 24.2. The molecule has 0 atom stereocenters. The van der Waals surface area contributed by atoms with Crippen molar-refractivity contribution in [3.05, 3.63) is 60.2 Å². The van der Waals surface area contributed by atoms with Gasteiger partial charge in [0.05, 0.1) is 11.5 Å². The van der Waals surface area contributed by atoms with Crippen molar-refractivity contribution in [1.29, 1.82) is 0 Å². The predicted octanol–water partition coefficient (Wildman–Crippen LogP) is 4.58. The van der Waals surface area contributed by atoms with E-state index in [0.29, 0.717) is 18.7 Å². The Labute approximate surface area is 202 Å². The van der Waals surface area contributed by atoms with Crippen LogP contribution in [0.5, 0.6) is 0 Å². The average Bonchev–Trinajstić information content (AvgIpc) is 2.83. The molecule has 1 aliphatic rings. The summed E-state index contributed by atoms with van der Waals surface area (Å²) in [5.74, 6) is -0.534. The maximum atomic E-state index is 12.6. The topological polar surface area (TPSA) is 102 Å². The number of ether oxygens (including phenoxy) is 1. The van der Waals surface area contributed by atoms with Crippen molar-refractivity contribution in [3.63, 3.8) is 0 Å². The largest absolute Gasteiger partial charge is 0.466 e. The Balaban J connectivity index is 1.32. The van der Waals surface area contributed by atoms with Gasteiger partial charge in [-0.3, -0.25) is 9.59 Å². The van der Waals surface area contributed by atoms with Crippen LogP contribution in [0.4, 0.5) is 5.69 Å². The smallest absolute Gasteiger partial charge is 0.305 e. The third-order valence-electron chi connectivity index (χ3n) is 5.88. The van der Waals surface area contributed by atoms with E-state index in [4.69, 9.17) is 4.74 Å². The average molecular weight is 487 g/mol. The van der Waals surface area contributed by atoms with E-state index in [-0.39, 0.29) is 35.7 Å². The van der Waals surface area contributed by atoms with Gasteiger partial charge in [-0.25, -0.2) is 13.1 Å². The fourth-order valence-corrected chi connectivity index (χ4v) is 5.33. The van der Waals surface area contributed by atoms with E-state index in [1.807, 2.05) is 30.3 Å². The first-order valence-corrected chi connectivity index (χ1v) is 13.5. The highest BCUT2D eigenvalue weighted by Crippen LogP contribution is 2.21. The third kappa shape index (κ3) is 8.91. The fourth-order valence-electron chi connectivity index (χ4n) is 4.02. The van der Waals surface area contributed by atoms with Crippen LogP contribution in [-0.2, 0) is 30.8 Å². The molecule has 34 heavy (non-hydrogen) atoms. The van der Waals surface area contributed by atoms with Gasteiger partial charge in [-0.05, 0) is 61.9 Å². The Hall–Kier alpha value is -2.71. The first-order chi connectivity index (χ1) is 16.4. The molecule has 1 fully saturated rings. The molecule has 2 aromatic carbocycles. The fraction of sp³-hybridized carbons (Fsp3) is 0.462. The molecule has 2 N–H and O–H groups in total. The first-order valence-electron chi connectivity index (χ1n) is 12.0. The molecule has 0 aromatic heterocycles. The summed E-state index contributed by atoms with van der Waals surface area (Å²) in [6.07, 6.45) is 7.36. The summed E-state index contributed by atoms with van der Waals surface area (Å²) in [6, 6.07) is 16.2. The third-order valence-corrected chi connectivity index (χ3v) is 7.41. The number of anilines is 1. The normalized spacial score (nSPS) is 14.5. The number of esters is 1. The maximum Gasteiger partial charge on any atom is 0.305 e. The summed E-state index contributed by atoms with van der Waals surface area (Å²) in [5, 5.41) is 2.74. The second-order valence-electron chi connectivity index (χ2n) is 8.69. The minimum atomic E-state index is -3.57. The van der Waals surface area contributed by atoms with Crippen LogP contribution in [0, 0.1) is 0 Å². The summed E-state index contributed by atoms with van der Waals surface area (Å²) in [4.78, 5) is 24.2. The number of nitrogens with one attached hydrogen (secondary N) is 2. The van der Waals surface area contributed by atoms with Crippen molar-refractivity contribution in [2.24, 2.45) is 0 Å². The zero-order valence-electron chi connectivity index (χ0n) is 19.5. The summed E-state index contributed by atoms with van der Waals surface area (Å²) in [6.45, 7) is 0.366. The van der Waals surface area contributed by atoms with Crippen LogP contribution in [0.3, 0.4) is 0 Å². The van der Waals surface area contributed by atoms with Gasteiger partial charge in [0.1, 0.15) is 0 Å². The van der Waals surface area contributed by atoms with E-state index in [1.165, 1.54) is 17.7 Å². The molecule has 0 spiro atoms. The van der Waals surface area contributed by atoms with Crippen molar-refractivity contribution in [2.75, 3.05) is 11.9 Å². The molecular formula is C26H34N2O5S. The highest BCUT2D eigenvalue weighted by Gasteiger charge is 2.21. The number of carbonyl (C=O) groups is 2. The minimum absolute atomic E-state index is 0.00585. The number of aryl methyl sites for hydroxylation is 1. The van der Waals surface area contributed by atoms with E-state index in [0.717, 1.165) is 44.9 Å². The Morgan fingerprint density at radius 1 is 0.882 bits per heavy atom. The van der Waals surface area contributed by atoms with Crippen LogP contribution in [0.25, 0.3) is 0 Å². The van der Waals surface area contributed by atoms with E-state index in [1.54, 1.807) is 12.1 Å². The molecule has 1 saturated carbocycles. The molecule has 8 heteroatoms. The van der Waals surface area contributed by atoms with Gasteiger partial charge >= 0.3 is 5.97 Å². The summed E-state index contributed by atoms with van der Waals surface area (Å²) in [5.41, 5.74) is 1.73. The molecule has 2 aromatic rings. The molecule has 0 unspecified atom stereocenters. The lowest BCUT2D eigenvalue weighted by Crippen LogP contribution is -2.36. The quantitative estimate of drug-likeness (QED) is 0.338. The summed E-state index contributed by atoms with van der Waals surface area (Å²) < 4.78 is 33.1. The van der Waals surface area contributed by atoms with E-state index < -0.39 is 10.0 Å². The minimum Gasteiger partial charge on any atom is -0.466 e. The van der Waals surface area contributed by atoms with E-state index in [9.17, 15) is 18.0 Å². The van der Waals surface area contributed by atoms with Crippen LogP contribution in [-0.4, -0.2) is 32.9 Å². The first kappa shape index (κ1) is 25.9. The Morgan fingerprint density at radius 2 is 1.59 bits per heavy atom. The number of benzene rings is 2. The Kier molecular flexibility index (Phi) is 10.1. The van der Waals surface area contributed by atoms with Crippen LogP contribution in [0.1, 0.15) is 63.4 Å². The van der Waals surface area contributed by atoms with Crippen LogP contribution in [0.2, 0.25) is 0 Å². The van der Waals surface area contributed by atoms with Gasteiger partial charge in [0.15, 0.2) is 0 Å². The number of hydrogen-bond acceptors (Lipinski definition) is 5. The van der Waals surface area contributed by atoms with Crippen molar-refractivity contribution >= 4 is 27.6 Å². The lowest BCUT2D eigenvalue weighted by atomic mass is 9.96. The SMILES string of the molecule is O=C(CCCC(=O)OCCCc1ccccc1)Nc1ccc(S(=O)(=O)NC2CCCCC2)cc1. The monoisotopic (exact) mass is 486 g/mol. The lowest BCUT2D eigenvalue weighted by Gasteiger charge is -2.22. The van der Waals surface area contributed by atoms with E-state index >= 15 is 0 Å². The molecule has 184 valence electrons. The second kappa shape index (κ2) is 13.2. The number of amides is 1. The molecule has 0 radical (unpaired) electrons. The Morgan fingerprint density at radius 3 is 2.29 bits per heavy atom. The summed E-state index contributed by atoms with van der Waals surface area (Å²) in [7, 11) is -3.57. The molecule has 1 aliphatic carbocycles. The highest BCUT2D eigenvalue weighted by atomic mass is 32.2. The van der Waals surface area contributed by atoms with Crippen LogP contribution in [0.15, 0.2) is 59.5 Å². The Bertz CT molecular complexity index is 1020. The van der Waals surface area contributed by atoms with Gasteiger partial charge in [-0.1, -0.05) is 49.6 Å². The molecule has 0 bridgehead atoms. The molecule has 0 saturated heterocycles. The number of carbonyl (C=O) groups excluding carboxylic acids is 2. The van der Waals surface area contributed by atoms with Gasteiger partial charge in [0, 0.05) is 24.6 Å². The van der Waals surface area contributed by atoms with Crippen molar-refractivity contribution in [2.45, 2.75) is 75.1 Å². The molecule has 0 heterocycles. The van der Waals surface area contributed by atoms with Gasteiger partial charge < -0.3 is 10.1 Å². The molecule has 1 amide bonds. The number of sulfonamides is 1. The molecule has 3 rings (SSSR count).